The fourth-order valence-corrected chi connectivity index (χ4v) is 4.47. The summed E-state index contributed by atoms with van der Waals surface area (Å²) in [6, 6.07) is 18.8. The molecule has 2 aromatic heterocycles. The number of hydrogen-bond acceptors (Lipinski definition) is 4. The van der Waals surface area contributed by atoms with E-state index in [-0.39, 0.29) is 0 Å². The van der Waals surface area contributed by atoms with Crippen LogP contribution in [0.25, 0.3) is 22.1 Å². The molecule has 4 aromatic rings. The van der Waals surface area contributed by atoms with E-state index in [9.17, 15) is 0 Å². The Labute approximate surface area is 156 Å². The Bertz CT molecular complexity index is 1040. The molecule has 2 aromatic carbocycles. The van der Waals surface area contributed by atoms with Gasteiger partial charge in [-0.1, -0.05) is 73.1 Å². The van der Waals surface area contributed by atoms with E-state index in [1.165, 1.54) is 24.8 Å². The van der Waals surface area contributed by atoms with Gasteiger partial charge in [0.15, 0.2) is 5.65 Å². The molecule has 0 aliphatic heterocycles. The molecule has 130 valence electrons. The normalized spacial score (nSPS) is 15.5. The van der Waals surface area contributed by atoms with Crippen LogP contribution >= 0.6 is 11.8 Å². The van der Waals surface area contributed by atoms with Gasteiger partial charge in [-0.05, 0) is 30.4 Å². The molecule has 5 rings (SSSR count). The highest BCUT2D eigenvalue weighted by atomic mass is 32.2. The number of nitrogens with one attached hydrogen (secondary N) is 1. The first-order chi connectivity index (χ1) is 12.9. The third-order valence-electron chi connectivity index (χ3n) is 5.06. The van der Waals surface area contributed by atoms with Crippen molar-refractivity contribution in [3.63, 3.8) is 0 Å². The van der Waals surface area contributed by atoms with Gasteiger partial charge in [-0.25, -0.2) is 4.98 Å². The summed E-state index contributed by atoms with van der Waals surface area (Å²) >= 11 is 1.73. The van der Waals surface area contributed by atoms with E-state index in [1.54, 1.807) is 11.8 Å². The Hall–Kier alpha value is -2.40. The summed E-state index contributed by atoms with van der Waals surface area (Å²) in [7, 11) is 0. The van der Waals surface area contributed by atoms with Gasteiger partial charge < -0.3 is 4.98 Å². The quantitative estimate of drug-likeness (QED) is 0.459. The Morgan fingerprint density at radius 3 is 2.65 bits per heavy atom. The van der Waals surface area contributed by atoms with Gasteiger partial charge in [-0.15, -0.1) is 10.2 Å². The highest BCUT2D eigenvalue weighted by Gasteiger charge is 2.24. The average molecular weight is 360 g/mol. The molecule has 4 nitrogen and oxygen atoms in total. The topological polar surface area (TPSA) is 54.5 Å². The predicted molar refractivity (Wildman–Crippen MR) is 106 cm³/mol. The van der Waals surface area contributed by atoms with Gasteiger partial charge in [0.25, 0.3) is 0 Å². The number of thioether (sulfide) groups is 1. The summed E-state index contributed by atoms with van der Waals surface area (Å²) in [5, 5.41) is 11.1. The molecule has 1 aliphatic rings. The standard InChI is InChI=1S/C21H20N4S/c1-2-6-15(7-3-1)18(13-12-14-10-11-14)26-21-23-20-19(24-25-21)16-8-4-5-9-17(16)22-20/h1-9,14,18H,10-13H2,(H,22,23,25)/t18-/m1/s1. The SMILES string of the molecule is c1ccc([C@@H](CCC2CC2)Sc2nnc3c(n2)[nH]c2ccccc23)cc1. The average Bonchev–Trinajstić information content (AvgIpc) is 3.44. The van der Waals surface area contributed by atoms with Gasteiger partial charge in [-0.2, -0.15) is 0 Å². The largest absolute Gasteiger partial charge is 0.338 e. The van der Waals surface area contributed by atoms with Crippen LogP contribution in [0.1, 0.15) is 36.5 Å². The van der Waals surface area contributed by atoms with Crippen LogP contribution in [0.3, 0.4) is 0 Å². The van der Waals surface area contributed by atoms with E-state index in [0.717, 1.165) is 39.6 Å². The Morgan fingerprint density at radius 2 is 1.81 bits per heavy atom. The van der Waals surface area contributed by atoms with Crippen molar-refractivity contribution in [3.05, 3.63) is 60.2 Å². The monoisotopic (exact) mass is 360 g/mol. The summed E-state index contributed by atoms with van der Waals surface area (Å²) in [5.41, 5.74) is 4.06. The van der Waals surface area contributed by atoms with Crippen molar-refractivity contribution in [2.75, 3.05) is 0 Å². The molecule has 1 N–H and O–H groups in total. The summed E-state index contributed by atoms with van der Waals surface area (Å²) in [5.74, 6) is 0.928. The molecule has 2 heterocycles. The van der Waals surface area contributed by atoms with Gasteiger partial charge in [0.1, 0.15) is 5.52 Å². The van der Waals surface area contributed by atoms with Crippen molar-refractivity contribution >= 4 is 33.8 Å². The second-order valence-corrected chi connectivity index (χ2v) is 8.17. The molecule has 0 radical (unpaired) electrons. The number of fused-ring (bicyclic) bond motifs is 3. The molecule has 1 aliphatic carbocycles. The lowest BCUT2D eigenvalue weighted by Gasteiger charge is -2.15. The van der Waals surface area contributed by atoms with Crippen LogP contribution in [-0.4, -0.2) is 20.2 Å². The zero-order valence-electron chi connectivity index (χ0n) is 14.4. The lowest BCUT2D eigenvalue weighted by molar-refractivity contribution is 0.656. The van der Waals surface area contributed by atoms with E-state index in [1.807, 2.05) is 18.2 Å². The third kappa shape index (κ3) is 3.19. The van der Waals surface area contributed by atoms with E-state index in [0.29, 0.717) is 5.25 Å². The number of nitrogens with zero attached hydrogens (tertiary/aromatic N) is 3. The molecular formula is C21H20N4S. The predicted octanol–water partition coefficient (Wildman–Crippen LogP) is 5.53. The molecule has 0 unspecified atom stereocenters. The van der Waals surface area contributed by atoms with Crippen LogP contribution < -0.4 is 0 Å². The number of aromatic amines is 1. The van der Waals surface area contributed by atoms with E-state index in [4.69, 9.17) is 4.98 Å². The molecule has 5 heteroatoms. The van der Waals surface area contributed by atoms with E-state index >= 15 is 0 Å². The van der Waals surface area contributed by atoms with Crippen molar-refractivity contribution in [1.29, 1.82) is 0 Å². The van der Waals surface area contributed by atoms with Crippen molar-refractivity contribution in [3.8, 4) is 0 Å². The number of H-pyrrole nitrogens is 1. The second kappa shape index (κ2) is 6.72. The first-order valence-electron chi connectivity index (χ1n) is 9.19. The maximum absolute atomic E-state index is 4.75. The van der Waals surface area contributed by atoms with Crippen molar-refractivity contribution in [2.24, 2.45) is 5.92 Å². The second-order valence-electron chi connectivity index (χ2n) is 7.00. The van der Waals surface area contributed by atoms with Gasteiger partial charge >= 0.3 is 0 Å². The van der Waals surface area contributed by atoms with Crippen molar-refractivity contribution in [1.82, 2.24) is 20.2 Å². The van der Waals surface area contributed by atoms with Crippen LogP contribution in [-0.2, 0) is 0 Å². The van der Waals surface area contributed by atoms with Gasteiger partial charge in [0.05, 0.1) is 0 Å². The summed E-state index contributed by atoms with van der Waals surface area (Å²) < 4.78 is 0. The zero-order valence-corrected chi connectivity index (χ0v) is 15.2. The molecule has 1 atom stereocenters. The molecule has 26 heavy (non-hydrogen) atoms. The van der Waals surface area contributed by atoms with Crippen LogP contribution in [0.15, 0.2) is 59.8 Å². The summed E-state index contributed by atoms with van der Waals surface area (Å²) in [4.78, 5) is 8.12. The molecule has 1 fully saturated rings. The van der Waals surface area contributed by atoms with Crippen LogP contribution in [0, 0.1) is 5.92 Å². The fraction of sp³-hybridized carbons (Fsp3) is 0.286. The highest BCUT2D eigenvalue weighted by Crippen LogP contribution is 2.42. The molecule has 1 saturated carbocycles. The number of benzene rings is 2. The van der Waals surface area contributed by atoms with Crippen LogP contribution in [0.2, 0.25) is 0 Å². The minimum absolute atomic E-state index is 0.375. The maximum Gasteiger partial charge on any atom is 0.211 e. The lowest BCUT2D eigenvalue weighted by Crippen LogP contribution is -1.99. The van der Waals surface area contributed by atoms with Gasteiger partial charge in [0, 0.05) is 16.2 Å². The van der Waals surface area contributed by atoms with Crippen LogP contribution in [0.5, 0.6) is 0 Å². The fourth-order valence-electron chi connectivity index (χ4n) is 3.44. The number of aromatic nitrogens is 4. The molecule has 0 spiro atoms. The van der Waals surface area contributed by atoms with Gasteiger partial charge in [-0.3, -0.25) is 0 Å². The molecule has 0 saturated heterocycles. The van der Waals surface area contributed by atoms with E-state index < -0.39 is 0 Å². The highest BCUT2D eigenvalue weighted by molar-refractivity contribution is 7.99. The minimum Gasteiger partial charge on any atom is -0.338 e. The Kier molecular flexibility index (Phi) is 4.09. The first kappa shape index (κ1) is 15.8. The summed E-state index contributed by atoms with van der Waals surface area (Å²) in [6.07, 6.45) is 5.23. The van der Waals surface area contributed by atoms with Crippen molar-refractivity contribution < 1.29 is 0 Å². The number of rotatable bonds is 6. The van der Waals surface area contributed by atoms with E-state index in [2.05, 4.69) is 51.6 Å². The Balaban J connectivity index is 1.45. The molecular weight excluding hydrogens is 340 g/mol. The van der Waals surface area contributed by atoms with Crippen LogP contribution in [0.4, 0.5) is 0 Å². The maximum atomic E-state index is 4.75. The smallest absolute Gasteiger partial charge is 0.211 e. The first-order valence-corrected chi connectivity index (χ1v) is 10.1. The zero-order chi connectivity index (χ0) is 17.3. The third-order valence-corrected chi connectivity index (χ3v) is 6.23. The molecule has 0 amide bonds. The lowest BCUT2D eigenvalue weighted by atomic mass is 10.1. The Morgan fingerprint density at radius 1 is 1.00 bits per heavy atom. The van der Waals surface area contributed by atoms with Gasteiger partial charge in [0.2, 0.25) is 5.16 Å². The number of para-hydroxylation sites is 1. The number of hydrogen-bond donors (Lipinski definition) is 1. The molecule has 0 bridgehead atoms. The summed E-state index contributed by atoms with van der Waals surface area (Å²) in [6.45, 7) is 0. The minimum atomic E-state index is 0.375. The van der Waals surface area contributed by atoms with Crippen molar-refractivity contribution in [2.45, 2.75) is 36.1 Å².